The maximum atomic E-state index is 13.0. The topological polar surface area (TPSA) is 22.1 Å². The summed E-state index contributed by atoms with van der Waals surface area (Å²) in [6.07, 6.45) is -4.61. The molecule has 0 saturated heterocycles. The summed E-state index contributed by atoms with van der Waals surface area (Å²) in [6.45, 7) is 0. The van der Waals surface area contributed by atoms with Gasteiger partial charge in [-0.3, -0.25) is 0 Å². The lowest BCUT2D eigenvalue weighted by atomic mass is 10.1. The van der Waals surface area contributed by atoms with Crippen molar-refractivity contribution in [1.82, 2.24) is 4.98 Å². The van der Waals surface area contributed by atoms with Crippen LogP contribution in [0.4, 0.5) is 13.2 Å². The third-order valence-corrected chi connectivity index (χ3v) is 3.64. The van der Waals surface area contributed by atoms with Crippen LogP contribution < -0.4 is 4.74 Å². The van der Waals surface area contributed by atoms with Gasteiger partial charge in [-0.2, -0.15) is 13.2 Å². The standard InChI is InChI=1S/C16H8Cl2F3NO/c17-9-4-6-10(7-5-9)23-13-8-14(16(19,20)21)22-15-11(13)2-1-3-12(15)18/h1-8H. The van der Waals surface area contributed by atoms with Crippen LogP contribution in [0.3, 0.4) is 0 Å². The van der Waals surface area contributed by atoms with Gasteiger partial charge in [0, 0.05) is 16.5 Å². The average molecular weight is 358 g/mol. The van der Waals surface area contributed by atoms with E-state index in [1.807, 2.05) is 0 Å². The van der Waals surface area contributed by atoms with E-state index in [0.29, 0.717) is 16.2 Å². The van der Waals surface area contributed by atoms with Gasteiger partial charge in [-0.15, -0.1) is 0 Å². The number of benzene rings is 2. The lowest BCUT2D eigenvalue weighted by Gasteiger charge is -2.13. The van der Waals surface area contributed by atoms with E-state index in [0.717, 1.165) is 6.07 Å². The van der Waals surface area contributed by atoms with Crippen LogP contribution in [0.15, 0.2) is 48.5 Å². The Balaban J connectivity index is 2.17. The van der Waals surface area contributed by atoms with Crippen LogP contribution in [0.5, 0.6) is 11.5 Å². The Bertz CT molecular complexity index is 864. The van der Waals surface area contributed by atoms with E-state index in [1.54, 1.807) is 36.4 Å². The number of pyridine rings is 1. The highest BCUT2D eigenvalue weighted by Gasteiger charge is 2.34. The molecule has 3 rings (SSSR count). The number of hydrogen-bond acceptors (Lipinski definition) is 2. The third kappa shape index (κ3) is 3.35. The minimum absolute atomic E-state index is 0.0205. The van der Waals surface area contributed by atoms with E-state index in [9.17, 15) is 13.2 Å². The predicted molar refractivity (Wildman–Crippen MR) is 83.3 cm³/mol. The molecule has 1 heterocycles. The first-order chi connectivity index (χ1) is 10.8. The number of hydrogen-bond donors (Lipinski definition) is 0. The van der Waals surface area contributed by atoms with Crippen LogP contribution >= 0.6 is 23.2 Å². The molecule has 0 unspecified atom stereocenters. The van der Waals surface area contributed by atoms with Crippen LogP contribution in [-0.2, 0) is 6.18 Å². The van der Waals surface area contributed by atoms with Gasteiger partial charge in [-0.05, 0) is 36.4 Å². The quantitative estimate of drug-likeness (QED) is 0.532. The fourth-order valence-electron chi connectivity index (χ4n) is 2.04. The molecule has 3 aromatic rings. The first-order valence-corrected chi connectivity index (χ1v) is 7.20. The number of alkyl halides is 3. The molecular weight excluding hydrogens is 350 g/mol. The highest BCUT2D eigenvalue weighted by atomic mass is 35.5. The Morgan fingerprint density at radius 2 is 1.65 bits per heavy atom. The second kappa shape index (κ2) is 5.91. The molecule has 0 amide bonds. The Kier molecular flexibility index (Phi) is 4.08. The molecule has 2 aromatic carbocycles. The summed E-state index contributed by atoms with van der Waals surface area (Å²) in [5.41, 5.74) is -1.03. The van der Waals surface area contributed by atoms with Crippen molar-refractivity contribution in [3.05, 3.63) is 64.3 Å². The summed E-state index contributed by atoms with van der Waals surface area (Å²) >= 11 is 11.8. The molecule has 0 bridgehead atoms. The van der Waals surface area contributed by atoms with E-state index < -0.39 is 11.9 Å². The Morgan fingerprint density at radius 1 is 0.957 bits per heavy atom. The van der Waals surface area contributed by atoms with Gasteiger partial charge in [0.05, 0.1) is 10.5 Å². The summed E-state index contributed by atoms with van der Waals surface area (Å²) < 4.78 is 44.7. The SMILES string of the molecule is FC(F)(F)c1cc(Oc2ccc(Cl)cc2)c2cccc(Cl)c2n1. The van der Waals surface area contributed by atoms with Crippen molar-refractivity contribution in [2.45, 2.75) is 6.18 Å². The summed E-state index contributed by atoms with van der Waals surface area (Å²) in [5.74, 6) is 0.377. The molecule has 0 aliphatic heterocycles. The lowest BCUT2D eigenvalue weighted by Crippen LogP contribution is -2.08. The predicted octanol–water partition coefficient (Wildman–Crippen LogP) is 6.35. The van der Waals surface area contributed by atoms with Crippen molar-refractivity contribution in [2.24, 2.45) is 0 Å². The fourth-order valence-corrected chi connectivity index (χ4v) is 2.38. The van der Waals surface area contributed by atoms with Crippen LogP contribution in [0, 0.1) is 0 Å². The zero-order chi connectivity index (χ0) is 16.6. The summed E-state index contributed by atoms with van der Waals surface area (Å²) in [7, 11) is 0. The molecule has 0 radical (unpaired) electrons. The zero-order valence-corrected chi connectivity index (χ0v) is 12.9. The van der Waals surface area contributed by atoms with Crippen molar-refractivity contribution in [3.63, 3.8) is 0 Å². The first kappa shape index (κ1) is 15.9. The van der Waals surface area contributed by atoms with Gasteiger partial charge in [0.15, 0.2) is 0 Å². The van der Waals surface area contributed by atoms with Crippen LogP contribution in [-0.4, -0.2) is 4.98 Å². The van der Waals surface area contributed by atoms with Crippen LogP contribution in [0.25, 0.3) is 10.9 Å². The van der Waals surface area contributed by atoms with Gasteiger partial charge in [0.1, 0.15) is 17.2 Å². The van der Waals surface area contributed by atoms with Crippen molar-refractivity contribution in [1.29, 1.82) is 0 Å². The Labute approximate surface area is 139 Å². The summed E-state index contributed by atoms with van der Waals surface area (Å²) in [6, 6.07) is 11.8. The highest BCUT2D eigenvalue weighted by Crippen LogP contribution is 2.38. The first-order valence-electron chi connectivity index (χ1n) is 6.44. The number of para-hydroxylation sites is 1. The molecule has 0 atom stereocenters. The molecule has 0 spiro atoms. The van der Waals surface area contributed by atoms with E-state index in [-0.39, 0.29) is 16.3 Å². The van der Waals surface area contributed by atoms with E-state index in [4.69, 9.17) is 27.9 Å². The Hall–Kier alpha value is -1.98. The fraction of sp³-hybridized carbons (Fsp3) is 0.0625. The monoisotopic (exact) mass is 357 g/mol. The van der Waals surface area contributed by atoms with Gasteiger partial charge < -0.3 is 4.74 Å². The van der Waals surface area contributed by atoms with Crippen molar-refractivity contribution >= 4 is 34.1 Å². The normalized spacial score (nSPS) is 11.7. The van der Waals surface area contributed by atoms with Gasteiger partial charge in [-0.25, -0.2) is 4.98 Å². The molecule has 23 heavy (non-hydrogen) atoms. The number of halogens is 5. The molecule has 0 aliphatic rings. The van der Waals surface area contributed by atoms with Gasteiger partial charge >= 0.3 is 6.18 Å². The van der Waals surface area contributed by atoms with Crippen LogP contribution in [0.2, 0.25) is 10.0 Å². The summed E-state index contributed by atoms with van der Waals surface area (Å²) in [4.78, 5) is 3.60. The molecule has 0 N–H and O–H groups in total. The van der Waals surface area contributed by atoms with E-state index in [2.05, 4.69) is 4.98 Å². The molecule has 0 saturated carbocycles. The van der Waals surface area contributed by atoms with Gasteiger partial charge in [0.25, 0.3) is 0 Å². The number of nitrogens with zero attached hydrogens (tertiary/aromatic N) is 1. The number of fused-ring (bicyclic) bond motifs is 1. The Morgan fingerprint density at radius 3 is 2.30 bits per heavy atom. The number of rotatable bonds is 2. The highest BCUT2D eigenvalue weighted by molar-refractivity contribution is 6.35. The lowest BCUT2D eigenvalue weighted by molar-refractivity contribution is -0.141. The minimum atomic E-state index is -4.61. The second-order valence-electron chi connectivity index (χ2n) is 4.70. The minimum Gasteiger partial charge on any atom is -0.457 e. The van der Waals surface area contributed by atoms with Crippen molar-refractivity contribution < 1.29 is 17.9 Å². The van der Waals surface area contributed by atoms with E-state index >= 15 is 0 Å². The number of aromatic nitrogens is 1. The van der Waals surface area contributed by atoms with Gasteiger partial charge in [-0.1, -0.05) is 29.3 Å². The van der Waals surface area contributed by atoms with E-state index in [1.165, 1.54) is 6.07 Å². The summed E-state index contributed by atoms with van der Waals surface area (Å²) in [5, 5.41) is 1.01. The molecule has 7 heteroatoms. The zero-order valence-electron chi connectivity index (χ0n) is 11.4. The maximum Gasteiger partial charge on any atom is 0.433 e. The molecule has 118 valence electrons. The molecule has 0 fully saturated rings. The van der Waals surface area contributed by atoms with Gasteiger partial charge in [0.2, 0.25) is 0 Å². The average Bonchev–Trinajstić information content (AvgIpc) is 2.49. The molecular formula is C16H8Cl2F3NO. The number of ether oxygens (including phenoxy) is 1. The third-order valence-electron chi connectivity index (χ3n) is 3.08. The second-order valence-corrected chi connectivity index (χ2v) is 5.54. The molecule has 0 aliphatic carbocycles. The molecule has 1 aromatic heterocycles. The van der Waals surface area contributed by atoms with Crippen LogP contribution in [0.1, 0.15) is 5.69 Å². The smallest absolute Gasteiger partial charge is 0.433 e. The molecule has 2 nitrogen and oxygen atoms in total. The maximum absolute atomic E-state index is 13.0. The largest absolute Gasteiger partial charge is 0.457 e. The van der Waals surface area contributed by atoms with Crippen molar-refractivity contribution in [3.8, 4) is 11.5 Å². The van der Waals surface area contributed by atoms with Crippen molar-refractivity contribution in [2.75, 3.05) is 0 Å².